The van der Waals surface area contributed by atoms with Crippen LogP contribution in [0.4, 0.5) is 22.0 Å². The van der Waals surface area contributed by atoms with Gasteiger partial charge in [-0.2, -0.15) is 8.78 Å². The summed E-state index contributed by atoms with van der Waals surface area (Å²) in [6.45, 7) is 0.110. The first-order valence-electron chi connectivity index (χ1n) is 5.40. The van der Waals surface area contributed by atoms with E-state index in [9.17, 15) is 22.0 Å². The van der Waals surface area contributed by atoms with E-state index in [0.29, 0.717) is 6.04 Å². The van der Waals surface area contributed by atoms with Crippen molar-refractivity contribution in [2.45, 2.75) is 18.9 Å². The van der Waals surface area contributed by atoms with E-state index in [1.165, 1.54) is 0 Å². The van der Waals surface area contributed by atoms with Crippen LogP contribution in [0.1, 0.15) is 12.8 Å². The van der Waals surface area contributed by atoms with Crippen LogP contribution in [0.3, 0.4) is 0 Å². The summed E-state index contributed by atoms with van der Waals surface area (Å²) in [5, 5.41) is 2.97. The van der Waals surface area contributed by atoms with Crippen LogP contribution < -0.4 is 10.1 Å². The third-order valence-electron chi connectivity index (χ3n) is 2.53. The van der Waals surface area contributed by atoms with Crippen molar-refractivity contribution in [2.24, 2.45) is 0 Å². The van der Waals surface area contributed by atoms with E-state index in [1.807, 2.05) is 0 Å². The molecule has 0 radical (unpaired) electrons. The lowest BCUT2D eigenvalue weighted by Gasteiger charge is -2.10. The van der Waals surface area contributed by atoms with Gasteiger partial charge in [0.05, 0.1) is 0 Å². The molecule has 1 aromatic rings. The molecule has 1 aromatic carbocycles. The number of nitrogens with one attached hydrogen (secondary N) is 1. The largest absolute Gasteiger partial charge is 0.486 e. The fourth-order valence-electron chi connectivity index (χ4n) is 1.42. The van der Waals surface area contributed by atoms with Gasteiger partial charge in [0.25, 0.3) is 0 Å². The molecule has 0 aromatic heterocycles. The highest BCUT2D eigenvalue weighted by Gasteiger charge is 2.27. The van der Waals surface area contributed by atoms with E-state index in [-0.39, 0.29) is 13.2 Å². The van der Waals surface area contributed by atoms with Crippen LogP contribution >= 0.6 is 0 Å². The van der Waals surface area contributed by atoms with Crippen molar-refractivity contribution in [1.29, 1.82) is 0 Å². The highest BCUT2D eigenvalue weighted by molar-refractivity contribution is 5.29. The molecule has 7 heteroatoms. The van der Waals surface area contributed by atoms with Gasteiger partial charge < -0.3 is 10.1 Å². The van der Waals surface area contributed by atoms with Crippen LogP contribution in [0, 0.1) is 29.1 Å². The maximum absolute atomic E-state index is 13.1. The Morgan fingerprint density at radius 2 is 1.39 bits per heavy atom. The van der Waals surface area contributed by atoms with Crippen LogP contribution in [0.25, 0.3) is 0 Å². The van der Waals surface area contributed by atoms with E-state index < -0.39 is 34.8 Å². The zero-order valence-corrected chi connectivity index (χ0v) is 9.20. The summed E-state index contributed by atoms with van der Waals surface area (Å²) in [7, 11) is 0. The van der Waals surface area contributed by atoms with Crippen molar-refractivity contribution < 1.29 is 26.7 Å². The maximum Gasteiger partial charge on any atom is 0.206 e. The summed E-state index contributed by atoms with van der Waals surface area (Å²) in [5.74, 6) is -11.3. The lowest BCUT2D eigenvalue weighted by atomic mass is 10.2. The molecule has 1 aliphatic carbocycles. The molecule has 2 nitrogen and oxygen atoms in total. The zero-order chi connectivity index (χ0) is 13.3. The molecule has 1 N–H and O–H groups in total. The number of ether oxygens (including phenoxy) is 1. The van der Waals surface area contributed by atoms with Gasteiger partial charge in [-0.05, 0) is 12.8 Å². The molecule has 0 unspecified atom stereocenters. The number of benzene rings is 1. The quantitative estimate of drug-likeness (QED) is 0.383. The molecule has 0 bridgehead atoms. The Kier molecular flexibility index (Phi) is 3.70. The maximum atomic E-state index is 13.1. The summed E-state index contributed by atoms with van der Waals surface area (Å²) in [4.78, 5) is 0. The highest BCUT2D eigenvalue weighted by atomic mass is 19.2. The molecule has 0 spiro atoms. The Morgan fingerprint density at radius 1 is 0.889 bits per heavy atom. The Labute approximate surface area is 99.7 Å². The lowest BCUT2D eigenvalue weighted by Crippen LogP contribution is -2.23. The average Bonchev–Trinajstić information content (AvgIpc) is 3.17. The van der Waals surface area contributed by atoms with Gasteiger partial charge in [-0.25, -0.2) is 13.2 Å². The molecule has 0 aliphatic heterocycles. The molecule has 100 valence electrons. The Morgan fingerprint density at radius 3 is 1.89 bits per heavy atom. The molecule has 0 heterocycles. The molecule has 2 rings (SSSR count). The minimum Gasteiger partial charge on any atom is -0.486 e. The van der Waals surface area contributed by atoms with Crippen molar-refractivity contribution >= 4 is 0 Å². The summed E-state index contributed by atoms with van der Waals surface area (Å²) >= 11 is 0. The third kappa shape index (κ3) is 2.55. The molecule has 0 amide bonds. The SMILES string of the molecule is Fc1c(F)c(F)c(OCCNC2CC2)c(F)c1F. The van der Waals surface area contributed by atoms with E-state index in [4.69, 9.17) is 0 Å². The summed E-state index contributed by atoms with van der Waals surface area (Å²) in [5.41, 5.74) is 0. The minimum atomic E-state index is -2.19. The molecule has 1 aliphatic rings. The van der Waals surface area contributed by atoms with Gasteiger partial charge in [-0.15, -0.1) is 0 Å². The summed E-state index contributed by atoms with van der Waals surface area (Å²) in [6, 6.07) is 0.366. The summed E-state index contributed by atoms with van der Waals surface area (Å²) in [6.07, 6.45) is 2.03. The fraction of sp³-hybridized carbons (Fsp3) is 0.455. The number of hydrogen-bond donors (Lipinski definition) is 1. The predicted molar refractivity (Wildman–Crippen MR) is 52.8 cm³/mol. The zero-order valence-electron chi connectivity index (χ0n) is 9.20. The van der Waals surface area contributed by atoms with Crippen molar-refractivity contribution in [1.82, 2.24) is 5.32 Å². The predicted octanol–water partition coefficient (Wildman–Crippen LogP) is 2.51. The van der Waals surface area contributed by atoms with Crippen molar-refractivity contribution in [3.8, 4) is 5.75 Å². The third-order valence-corrected chi connectivity index (χ3v) is 2.53. The van der Waals surface area contributed by atoms with Gasteiger partial charge in [-0.1, -0.05) is 0 Å². The second-order valence-corrected chi connectivity index (χ2v) is 3.98. The standard InChI is InChI=1S/C11H10F5NO/c12-6-7(13)9(15)11(10(16)8(6)14)18-4-3-17-5-1-2-5/h5,17H,1-4H2. The molecular formula is C11H10F5NO. The fourth-order valence-corrected chi connectivity index (χ4v) is 1.42. The van der Waals surface area contributed by atoms with Crippen LogP contribution in [0.2, 0.25) is 0 Å². The molecular weight excluding hydrogens is 257 g/mol. The highest BCUT2D eigenvalue weighted by Crippen LogP contribution is 2.29. The molecule has 0 saturated heterocycles. The number of halogens is 5. The van der Waals surface area contributed by atoms with E-state index in [2.05, 4.69) is 10.1 Å². The van der Waals surface area contributed by atoms with Crippen molar-refractivity contribution in [2.75, 3.05) is 13.2 Å². The first-order valence-corrected chi connectivity index (χ1v) is 5.40. The van der Waals surface area contributed by atoms with E-state index in [1.54, 1.807) is 0 Å². The second-order valence-electron chi connectivity index (χ2n) is 3.98. The summed E-state index contributed by atoms with van der Waals surface area (Å²) < 4.78 is 69.2. The Balaban J connectivity index is 2.06. The lowest BCUT2D eigenvalue weighted by molar-refractivity contribution is 0.261. The molecule has 18 heavy (non-hydrogen) atoms. The van der Waals surface area contributed by atoms with Gasteiger partial charge >= 0.3 is 0 Å². The monoisotopic (exact) mass is 267 g/mol. The molecule has 0 atom stereocenters. The first-order chi connectivity index (χ1) is 8.52. The Bertz CT molecular complexity index is 432. The average molecular weight is 267 g/mol. The van der Waals surface area contributed by atoms with Crippen molar-refractivity contribution in [3.05, 3.63) is 29.1 Å². The topological polar surface area (TPSA) is 21.3 Å². The van der Waals surface area contributed by atoms with Crippen LogP contribution in [-0.2, 0) is 0 Å². The van der Waals surface area contributed by atoms with Gasteiger partial charge in [-0.3, -0.25) is 0 Å². The normalized spacial score (nSPS) is 14.9. The van der Waals surface area contributed by atoms with Crippen LogP contribution in [-0.4, -0.2) is 19.2 Å². The van der Waals surface area contributed by atoms with Crippen molar-refractivity contribution in [3.63, 3.8) is 0 Å². The van der Waals surface area contributed by atoms with Gasteiger partial charge in [0.1, 0.15) is 6.61 Å². The van der Waals surface area contributed by atoms with Gasteiger partial charge in [0.15, 0.2) is 5.75 Å². The van der Waals surface area contributed by atoms with Crippen LogP contribution in [0.5, 0.6) is 5.75 Å². The van der Waals surface area contributed by atoms with Crippen LogP contribution in [0.15, 0.2) is 0 Å². The second kappa shape index (κ2) is 5.09. The van der Waals surface area contributed by atoms with E-state index >= 15 is 0 Å². The number of rotatable bonds is 5. The Hall–Kier alpha value is -1.37. The number of hydrogen-bond acceptors (Lipinski definition) is 2. The van der Waals surface area contributed by atoms with Gasteiger partial charge in [0, 0.05) is 12.6 Å². The first kappa shape index (κ1) is 13.1. The molecule has 1 fully saturated rings. The molecule has 1 saturated carbocycles. The van der Waals surface area contributed by atoms with Gasteiger partial charge in [0.2, 0.25) is 29.1 Å². The van der Waals surface area contributed by atoms with E-state index in [0.717, 1.165) is 12.8 Å². The smallest absolute Gasteiger partial charge is 0.206 e. The minimum absolute atomic E-state index is 0.172.